The Morgan fingerprint density at radius 3 is 2.71 bits per heavy atom. The fraction of sp³-hybridized carbons (Fsp3) is 0.500. The van der Waals surface area contributed by atoms with Gasteiger partial charge < -0.3 is 9.47 Å². The van der Waals surface area contributed by atoms with Crippen molar-refractivity contribution in [3.8, 4) is 0 Å². The van der Waals surface area contributed by atoms with Crippen LogP contribution in [0, 0.1) is 0 Å². The predicted octanol–water partition coefficient (Wildman–Crippen LogP) is 2.58. The van der Waals surface area contributed by atoms with Crippen molar-refractivity contribution in [1.29, 1.82) is 0 Å². The molecular weight excluding hydrogens is 220 g/mol. The Kier molecular flexibility index (Phi) is 4.45. The highest BCUT2D eigenvalue weighted by atomic mass is 16.6. The summed E-state index contributed by atoms with van der Waals surface area (Å²) >= 11 is 0. The summed E-state index contributed by atoms with van der Waals surface area (Å²) in [5.74, 6) is 0. The first-order valence-corrected chi connectivity index (χ1v) is 5.33. The Bertz CT molecular complexity index is 386. The lowest BCUT2D eigenvalue weighted by Gasteiger charge is -2.19. The largest absolute Gasteiger partial charge is 0.444 e. The van der Waals surface area contributed by atoms with Crippen molar-refractivity contribution in [3.63, 3.8) is 0 Å². The second kappa shape index (κ2) is 5.63. The van der Waals surface area contributed by atoms with Crippen LogP contribution in [0.15, 0.2) is 18.5 Å². The fourth-order valence-corrected chi connectivity index (χ4v) is 1.22. The molecule has 1 aromatic rings. The lowest BCUT2D eigenvalue weighted by atomic mass is 10.2. The van der Waals surface area contributed by atoms with E-state index in [0.717, 1.165) is 5.56 Å². The summed E-state index contributed by atoms with van der Waals surface area (Å²) in [5, 5.41) is 2.62. The van der Waals surface area contributed by atoms with Gasteiger partial charge in [0.25, 0.3) is 0 Å². The second-order valence-corrected chi connectivity index (χ2v) is 4.64. The van der Waals surface area contributed by atoms with Crippen LogP contribution in [0.25, 0.3) is 0 Å². The number of aromatic nitrogens is 1. The number of rotatable bonds is 3. The number of nitrogens with one attached hydrogen (secondary N) is 1. The molecule has 1 amide bonds. The van der Waals surface area contributed by atoms with E-state index in [-0.39, 0.29) is 0 Å². The van der Waals surface area contributed by atoms with Crippen LogP contribution in [0.3, 0.4) is 0 Å². The average molecular weight is 238 g/mol. The van der Waals surface area contributed by atoms with Crippen molar-refractivity contribution in [1.82, 2.24) is 4.98 Å². The van der Waals surface area contributed by atoms with Gasteiger partial charge in [-0.15, -0.1) is 0 Å². The highest BCUT2D eigenvalue weighted by Crippen LogP contribution is 2.12. The molecule has 0 radical (unpaired) electrons. The molecule has 0 spiro atoms. The van der Waals surface area contributed by atoms with Gasteiger partial charge in [0.15, 0.2) is 0 Å². The molecular formula is C12H18N2O3. The Morgan fingerprint density at radius 1 is 1.41 bits per heavy atom. The van der Waals surface area contributed by atoms with Gasteiger partial charge in [-0.2, -0.15) is 0 Å². The molecule has 1 N–H and O–H groups in total. The molecule has 0 aliphatic carbocycles. The standard InChI is InChI=1S/C12H18N2O3/c1-12(2,3)17-11(15)14-10-5-9(8-16-4)6-13-7-10/h5-7H,8H2,1-4H3,(H,14,15). The van der Waals surface area contributed by atoms with Crippen LogP contribution >= 0.6 is 0 Å². The third kappa shape index (κ3) is 5.31. The van der Waals surface area contributed by atoms with E-state index in [4.69, 9.17) is 9.47 Å². The number of pyridine rings is 1. The number of methoxy groups -OCH3 is 1. The number of anilines is 1. The van der Waals surface area contributed by atoms with Crippen molar-refractivity contribution >= 4 is 11.8 Å². The van der Waals surface area contributed by atoms with E-state index in [1.165, 1.54) is 0 Å². The number of nitrogens with zero attached hydrogens (tertiary/aromatic N) is 1. The van der Waals surface area contributed by atoms with Crippen LogP contribution < -0.4 is 5.32 Å². The van der Waals surface area contributed by atoms with Crippen molar-refractivity contribution < 1.29 is 14.3 Å². The van der Waals surface area contributed by atoms with Gasteiger partial charge in [-0.3, -0.25) is 10.3 Å². The summed E-state index contributed by atoms with van der Waals surface area (Å²) in [7, 11) is 1.61. The number of carbonyl (C=O) groups excluding carboxylic acids is 1. The van der Waals surface area contributed by atoms with Gasteiger partial charge in [-0.25, -0.2) is 4.79 Å². The number of carbonyl (C=O) groups is 1. The third-order valence-corrected chi connectivity index (χ3v) is 1.75. The molecule has 0 aliphatic heterocycles. The third-order valence-electron chi connectivity index (χ3n) is 1.75. The lowest BCUT2D eigenvalue weighted by Crippen LogP contribution is -2.27. The van der Waals surface area contributed by atoms with E-state index in [1.807, 2.05) is 20.8 Å². The minimum absolute atomic E-state index is 0.455. The van der Waals surface area contributed by atoms with E-state index >= 15 is 0 Å². The molecule has 0 saturated heterocycles. The summed E-state index contributed by atoms with van der Waals surface area (Å²) < 4.78 is 10.1. The Hall–Kier alpha value is -1.62. The van der Waals surface area contributed by atoms with Crippen LogP contribution in [-0.4, -0.2) is 23.8 Å². The first-order chi connectivity index (χ1) is 7.90. The normalized spacial score (nSPS) is 11.1. The van der Waals surface area contributed by atoms with E-state index in [0.29, 0.717) is 12.3 Å². The molecule has 1 heterocycles. The predicted molar refractivity (Wildman–Crippen MR) is 64.8 cm³/mol. The number of hydrogen-bond acceptors (Lipinski definition) is 4. The Balaban J connectivity index is 2.62. The molecule has 5 nitrogen and oxygen atoms in total. The van der Waals surface area contributed by atoms with E-state index in [9.17, 15) is 4.79 Å². The van der Waals surface area contributed by atoms with Crippen LogP contribution in [0.5, 0.6) is 0 Å². The maximum absolute atomic E-state index is 11.5. The van der Waals surface area contributed by atoms with Gasteiger partial charge in [0.2, 0.25) is 0 Å². The quantitative estimate of drug-likeness (QED) is 0.879. The summed E-state index contributed by atoms with van der Waals surface area (Å²) in [6, 6.07) is 1.79. The van der Waals surface area contributed by atoms with Crippen LogP contribution in [0.2, 0.25) is 0 Å². The lowest BCUT2D eigenvalue weighted by molar-refractivity contribution is 0.0636. The maximum atomic E-state index is 11.5. The highest BCUT2D eigenvalue weighted by Gasteiger charge is 2.16. The summed E-state index contributed by atoms with van der Waals surface area (Å²) in [5.41, 5.74) is 0.969. The Morgan fingerprint density at radius 2 is 2.12 bits per heavy atom. The fourth-order valence-electron chi connectivity index (χ4n) is 1.22. The van der Waals surface area contributed by atoms with E-state index < -0.39 is 11.7 Å². The summed E-state index contributed by atoms with van der Waals surface area (Å²) in [6.45, 7) is 5.89. The minimum atomic E-state index is -0.512. The highest BCUT2D eigenvalue weighted by molar-refractivity contribution is 5.84. The van der Waals surface area contributed by atoms with Gasteiger partial charge in [0, 0.05) is 13.3 Å². The van der Waals surface area contributed by atoms with Crippen molar-refractivity contribution in [2.75, 3.05) is 12.4 Å². The van der Waals surface area contributed by atoms with Crippen LogP contribution in [0.4, 0.5) is 10.5 Å². The van der Waals surface area contributed by atoms with Gasteiger partial charge in [0.1, 0.15) is 5.60 Å². The zero-order valence-electron chi connectivity index (χ0n) is 10.6. The molecule has 5 heteroatoms. The topological polar surface area (TPSA) is 60.5 Å². The van der Waals surface area contributed by atoms with E-state index in [1.54, 1.807) is 25.6 Å². The molecule has 0 aliphatic rings. The first kappa shape index (κ1) is 13.4. The molecule has 0 fully saturated rings. The minimum Gasteiger partial charge on any atom is -0.444 e. The molecule has 0 atom stereocenters. The average Bonchev–Trinajstić information content (AvgIpc) is 2.15. The molecule has 94 valence electrons. The monoisotopic (exact) mass is 238 g/mol. The van der Waals surface area contributed by atoms with Crippen LogP contribution in [-0.2, 0) is 16.1 Å². The van der Waals surface area contributed by atoms with Crippen LogP contribution in [0.1, 0.15) is 26.3 Å². The van der Waals surface area contributed by atoms with Crippen molar-refractivity contribution in [3.05, 3.63) is 24.0 Å². The number of amides is 1. The molecule has 0 bridgehead atoms. The second-order valence-electron chi connectivity index (χ2n) is 4.64. The van der Waals surface area contributed by atoms with Gasteiger partial charge in [0.05, 0.1) is 18.5 Å². The Labute approximate surface area is 101 Å². The number of hydrogen-bond donors (Lipinski definition) is 1. The molecule has 0 aromatic carbocycles. The maximum Gasteiger partial charge on any atom is 0.412 e. The zero-order chi connectivity index (χ0) is 12.9. The van der Waals surface area contributed by atoms with Gasteiger partial charge >= 0.3 is 6.09 Å². The molecule has 17 heavy (non-hydrogen) atoms. The van der Waals surface area contributed by atoms with Crippen molar-refractivity contribution in [2.24, 2.45) is 0 Å². The SMILES string of the molecule is COCc1cncc(NC(=O)OC(C)(C)C)c1. The molecule has 1 aromatic heterocycles. The molecule has 1 rings (SSSR count). The molecule has 0 unspecified atom stereocenters. The smallest absolute Gasteiger partial charge is 0.412 e. The van der Waals surface area contributed by atoms with Gasteiger partial charge in [-0.05, 0) is 32.4 Å². The first-order valence-electron chi connectivity index (χ1n) is 5.33. The van der Waals surface area contributed by atoms with E-state index in [2.05, 4.69) is 10.3 Å². The van der Waals surface area contributed by atoms with Gasteiger partial charge in [-0.1, -0.05) is 0 Å². The summed E-state index contributed by atoms with van der Waals surface area (Å²) in [6.07, 6.45) is 2.75. The summed E-state index contributed by atoms with van der Waals surface area (Å²) in [4.78, 5) is 15.5. The number of ether oxygens (including phenoxy) is 2. The van der Waals surface area contributed by atoms with Crippen molar-refractivity contribution in [2.45, 2.75) is 33.0 Å². The molecule has 0 saturated carbocycles. The zero-order valence-corrected chi connectivity index (χ0v) is 10.6.